The van der Waals surface area contributed by atoms with Gasteiger partial charge in [0.25, 0.3) is 5.56 Å². The zero-order valence-corrected chi connectivity index (χ0v) is 11.8. The van der Waals surface area contributed by atoms with Gasteiger partial charge in [-0.25, -0.2) is 32.5 Å². The Morgan fingerprint density at radius 2 is 1.77 bits per heavy atom. The van der Waals surface area contributed by atoms with Crippen LogP contribution in [0.3, 0.4) is 0 Å². The number of primary sulfonamides is 1. The Balaban J connectivity index is 2.33. The van der Waals surface area contributed by atoms with Gasteiger partial charge in [-0.15, -0.1) is 0 Å². The van der Waals surface area contributed by atoms with Gasteiger partial charge < -0.3 is 0 Å². The van der Waals surface area contributed by atoms with E-state index in [1.165, 1.54) is 30.3 Å². The summed E-state index contributed by atoms with van der Waals surface area (Å²) < 4.78 is 36.8. The fraction of sp³-hybridized carbons (Fsp3) is 0. The van der Waals surface area contributed by atoms with Crippen LogP contribution in [0.1, 0.15) is 0 Å². The number of benzene rings is 1. The molecule has 7 nitrogen and oxygen atoms in total. The molecule has 0 bridgehead atoms. The third kappa shape index (κ3) is 2.47. The maximum atomic E-state index is 12.9. The van der Waals surface area contributed by atoms with Crippen LogP contribution in [-0.2, 0) is 10.0 Å². The number of nitrogens with two attached hydrogens (primary N) is 1. The Morgan fingerprint density at radius 3 is 2.41 bits per heavy atom. The summed E-state index contributed by atoms with van der Waals surface area (Å²) in [6.07, 6.45) is 1.87. The molecule has 0 unspecified atom stereocenters. The molecule has 0 saturated carbocycles. The summed E-state index contributed by atoms with van der Waals surface area (Å²) in [5.74, 6) is -0.645. The number of nitrogens with zero attached hydrogens (tertiary/aromatic N) is 3. The molecule has 0 fully saturated rings. The third-order valence-corrected chi connectivity index (χ3v) is 3.91. The number of halogens is 1. The highest BCUT2D eigenvalue weighted by Gasteiger charge is 2.12. The Kier molecular flexibility index (Phi) is 3.23. The highest BCUT2D eigenvalue weighted by molar-refractivity contribution is 7.89. The Morgan fingerprint density at radius 1 is 1.09 bits per heavy atom. The van der Waals surface area contributed by atoms with Gasteiger partial charge in [0, 0.05) is 11.5 Å². The van der Waals surface area contributed by atoms with Crippen molar-refractivity contribution in [3.63, 3.8) is 0 Å². The van der Waals surface area contributed by atoms with Crippen LogP contribution in [0.4, 0.5) is 4.39 Å². The summed E-state index contributed by atoms with van der Waals surface area (Å²) in [6, 6.07) is 6.73. The zero-order chi connectivity index (χ0) is 15.9. The number of hydrogen-bond acceptors (Lipinski definition) is 5. The summed E-state index contributed by atoms with van der Waals surface area (Å²) >= 11 is 0. The molecule has 0 aliphatic rings. The van der Waals surface area contributed by atoms with Gasteiger partial charge in [0.1, 0.15) is 0 Å². The summed E-state index contributed by atoms with van der Waals surface area (Å²) in [4.78, 5) is 19.5. The molecule has 9 heteroatoms. The molecule has 112 valence electrons. The van der Waals surface area contributed by atoms with Crippen LogP contribution in [0.15, 0.2) is 52.4 Å². The molecule has 2 heterocycles. The lowest BCUT2D eigenvalue weighted by molar-refractivity contribution is 0.598. The molecule has 1 aromatic carbocycles. The number of hydrogen-bond donors (Lipinski definition) is 1. The first-order valence-corrected chi connectivity index (χ1v) is 7.57. The molecule has 0 aliphatic heterocycles. The molecule has 2 N–H and O–H groups in total. The van der Waals surface area contributed by atoms with Crippen LogP contribution >= 0.6 is 0 Å². The van der Waals surface area contributed by atoms with E-state index in [1.807, 2.05) is 0 Å². The standard InChI is InChI=1S/C13H9FN4O3S/c14-9-6-16-13(17-7-9)18-11-3-2-10(22(15,20)21)5-8(11)1-4-12(18)19/h1-7H,(H2,15,20,21). The van der Waals surface area contributed by atoms with Crippen molar-refractivity contribution in [1.82, 2.24) is 14.5 Å². The molecule has 0 aliphatic carbocycles. The second-order valence-electron chi connectivity index (χ2n) is 4.47. The van der Waals surface area contributed by atoms with Crippen LogP contribution < -0.4 is 10.7 Å². The highest BCUT2D eigenvalue weighted by atomic mass is 32.2. The van der Waals surface area contributed by atoms with E-state index in [0.717, 1.165) is 17.0 Å². The van der Waals surface area contributed by atoms with Gasteiger partial charge in [-0.2, -0.15) is 0 Å². The van der Waals surface area contributed by atoms with E-state index in [9.17, 15) is 17.6 Å². The molecular weight excluding hydrogens is 311 g/mol. The second kappa shape index (κ2) is 4.97. The van der Waals surface area contributed by atoms with Gasteiger partial charge in [0.15, 0.2) is 5.82 Å². The first-order valence-electron chi connectivity index (χ1n) is 6.03. The van der Waals surface area contributed by atoms with Gasteiger partial charge in [0.05, 0.1) is 22.8 Å². The van der Waals surface area contributed by atoms with E-state index in [2.05, 4.69) is 9.97 Å². The van der Waals surface area contributed by atoms with Crippen LogP contribution in [0.5, 0.6) is 0 Å². The van der Waals surface area contributed by atoms with Crippen molar-refractivity contribution < 1.29 is 12.8 Å². The van der Waals surface area contributed by atoms with Crippen molar-refractivity contribution in [2.45, 2.75) is 4.90 Å². The van der Waals surface area contributed by atoms with Crippen LogP contribution in [0, 0.1) is 5.82 Å². The first kappa shape index (κ1) is 14.3. The topological polar surface area (TPSA) is 108 Å². The van der Waals surface area contributed by atoms with Crippen LogP contribution in [0.2, 0.25) is 0 Å². The van der Waals surface area contributed by atoms with Crippen molar-refractivity contribution in [3.8, 4) is 5.95 Å². The summed E-state index contributed by atoms with van der Waals surface area (Å²) in [5, 5.41) is 5.54. The largest absolute Gasteiger partial charge is 0.269 e. The minimum absolute atomic E-state index is 0.0136. The predicted octanol–water partition coefficient (Wildman–Crippen LogP) is 0.567. The number of sulfonamides is 1. The monoisotopic (exact) mass is 320 g/mol. The van der Waals surface area contributed by atoms with Gasteiger partial charge in [-0.05, 0) is 24.3 Å². The average Bonchev–Trinajstić information content (AvgIpc) is 2.47. The molecule has 0 amide bonds. The Hall–Kier alpha value is -2.65. The van der Waals surface area contributed by atoms with Gasteiger partial charge >= 0.3 is 0 Å². The second-order valence-corrected chi connectivity index (χ2v) is 6.04. The molecule has 3 aromatic rings. The smallest absolute Gasteiger partial charge is 0.257 e. The molecule has 2 aromatic heterocycles. The van der Waals surface area contributed by atoms with Gasteiger partial charge in [0.2, 0.25) is 16.0 Å². The molecule has 0 atom stereocenters. The summed E-state index contributed by atoms with van der Waals surface area (Å²) in [6.45, 7) is 0. The van der Waals surface area contributed by atoms with Crippen LogP contribution in [0.25, 0.3) is 16.9 Å². The fourth-order valence-electron chi connectivity index (χ4n) is 2.03. The Bertz CT molecular complexity index is 1030. The lowest BCUT2D eigenvalue weighted by atomic mass is 10.2. The lowest BCUT2D eigenvalue weighted by Gasteiger charge is -2.09. The summed E-state index contributed by atoms with van der Waals surface area (Å²) in [5.41, 5.74) is -0.0472. The normalized spacial score (nSPS) is 11.7. The van der Waals surface area contributed by atoms with E-state index < -0.39 is 21.4 Å². The Labute approximate surface area is 123 Å². The maximum absolute atomic E-state index is 12.9. The van der Waals surface area contributed by atoms with Crippen molar-refractivity contribution in [2.24, 2.45) is 5.14 Å². The van der Waals surface area contributed by atoms with Crippen molar-refractivity contribution in [1.29, 1.82) is 0 Å². The van der Waals surface area contributed by atoms with E-state index >= 15 is 0 Å². The number of pyridine rings is 1. The quantitative estimate of drug-likeness (QED) is 0.742. The van der Waals surface area contributed by atoms with Crippen LogP contribution in [-0.4, -0.2) is 23.0 Å². The minimum atomic E-state index is -3.86. The summed E-state index contributed by atoms with van der Waals surface area (Å²) in [7, 11) is -3.86. The zero-order valence-electron chi connectivity index (χ0n) is 11.0. The maximum Gasteiger partial charge on any atom is 0.257 e. The molecule has 0 spiro atoms. The number of fused-ring (bicyclic) bond motifs is 1. The molecule has 3 rings (SSSR count). The lowest BCUT2D eigenvalue weighted by Crippen LogP contribution is -2.20. The number of aromatic nitrogens is 3. The van der Waals surface area contributed by atoms with E-state index in [4.69, 9.17) is 5.14 Å². The number of rotatable bonds is 2. The molecule has 0 saturated heterocycles. The van der Waals surface area contributed by atoms with Crippen molar-refractivity contribution >= 4 is 20.9 Å². The SMILES string of the molecule is NS(=O)(=O)c1ccc2c(ccc(=O)n2-c2ncc(F)cn2)c1. The predicted molar refractivity (Wildman–Crippen MR) is 76.5 cm³/mol. The first-order chi connectivity index (χ1) is 10.4. The van der Waals surface area contributed by atoms with Crippen molar-refractivity contribution in [3.05, 3.63) is 58.9 Å². The minimum Gasteiger partial charge on any atom is -0.269 e. The van der Waals surface area contributed by atoms with Crippen molar-refractivity contribution in [2.75, 3.05) is 0 Å². The van der Waals surface area contributed by atoms with E-state index in [1.54, 1.807) is 0 Å². The molecule has 0 radical (unpaired) electrons. The van der Waals surface area contributed by atoms with Gasteiger partial charge in [-0.3, -0.25) is 4.79 Å². The molecular formula is C13H9FN4O3S. The molecule has 22 heavy (non-hydrogen) atoms. The fourth-order valence-corrected chi connectivity index (χ4v) is 2.58. The van der Waals surface area contributed by atoms with E-state index in [-0.39, 0.29) is 10.8 Å². The van der Waals surface area contributed by atoms with Gasteiger partial charge in [-0.1, -0.05) is 0 Å². The average molecular weight is 320 g/mol. The highest BCUT2D eigenvalue weighted by Crippen LogP contribution is 2.18. The van der Waals surface area contributed by atoms with E-state index in [0.29, 0.717) is 10.9 Å². The third-order valence-electron chi connectivity index (χ3n) is 3.00.